The number of amides is 1. The molecule has 0 aliphatic carbocycles. The summed E-state index contributed by atoms with van der Waals surface area (Å²) >= 11 is 4.90. The van der Waals surface area contributed by atoms with Crippen molar-refractivity contribution in [1.82, 2.24) is 0 Å². The Morgan fingerprint density at radius 2 is 1.82 bits per heavy atom. The van der Waals surface area contributed by atoms with Crippen LogP contribution in [0.3, 0.4) is 0 Å². The number of nitrogens with one attached hydrogen (secondary N) is 1. The van der Waals surface area contributed by atoms with E-state index in [0.717, 1.165) is 9.37 Å². The summed E-state index contributed by atoms with van der Waals surface area (Å²) in [5, 5.41) is 2.79. The van der Waals surface area contributed by atoms with Crippen molar-refractivity contribution >= 4 is 45.3 Å². The first-order chi connectivity index (χ1) is 10.6. The molecule has 0 heterocycles. The summed E-state index contributed by atoms with van der Waals surface area (Å²) in [4.78, 5) is 24.3. The van der Waals surface area contributed by atoms with Crippen LogP contribution in [0.15, 0.2) is 57.9 Å². The highest BCUT2D eigenvalue weighted by atomic mass is 79.9. The Morgan fingerprint density at radius 3 is 2.45 bits per heavy atom. The summed E-state index contributed by atoms with van der Waals surface area (Å²) in [5.41, 5.74) is 1.09. The first-order valence-corrected chi connectivity index (χ1v) is 8.23. The summed E-state index contributed by atoms with van der Waals surface area (Å²) in [6.45, 7) is 0. The molecule has 0 unspecified atom stereocenters. The van der Waals surface area contributed by atoms with E-state index in [4.69, 9.17) is 0 Å². The molecule has 0 atom stereocenters. The Kier molecular flexibility index (Phi) is 6.03. The fourth-order valence-electron chi connectivity index (χ4n) is 1.71. The van der Waals surface area contributed by atoms with E-state index >= 15 is 0 Å². The molecule has 0 bridgehead atoms. The van der Waals surface area contributed by atoms with Crippen LogP contribution in [0.2, 0.25) is 0 Å². The third-order valence-electron chi connectivity index (χ3n) is 2.79. The van der Waals surface area contributed by atoms with Gasteiger partial charge in [0.05, 0.1) is 18.4 Å². The highest BCUT2D eigenvalue weighted by Gasteiger charge is 2.08. The molecule has 0 saturated carbocycles. The van der Waals surface area contributed by atoms with E-state index in [1.807, 2.05) is 24.3 Å². The lowest BCUT2D eigenvalue weighted by atomic mass is 10.2. The molecule has 0 aromatic heterocycles. The van der Waals surface area contributed by atoms with E-state index in [1.54, 1.807) is 24.3 Å². The minimum Gasteiger partial charge on any atom is -0.465 e. The van der Waals surface area contributed by atoms with Gasteiger partial charge in [-0.1, -0.05) is 12.1 Å². The van der Waals surface area contributed by atoms with Gasteiger partial charge < -0.3 is 10.1 Å². The van der Waals surface area contributed by atoms with Gasteiger partial charge in [-0.15, -0.1) is 11.8 Å². The van der Waals surface area contributed by atoms with Crippen molar-refractivity contribution in [1.29, 1.82) is 0 Å². The maximum absolute atomic E-state index is 11.9. The Bertz CT molecular complexity index is 673. The van der Waals surface area contributed by atoms with E-state index < -0.39 is 5.97 Å². The molecule has 114 valence electrons. The number of benzene rings is 2. The number of methoxy groups -OCH3 is 1. The van der Waals surface area contributed by atoms with Gasteiger partial charge in [-0.25, -0.2) is 4.79 Å². The number of hydrogen-bond acceptors (Lipinski definition) is 4. The molecule has 1 amide bonds. The Labute approximate surface area is 141 Å². The zero-order chi connectivity index (χ0) is 15.9. The van der Waals surface area contributed by atoms with Crippen molar-refractivity contribution in [2.75, 3.05) is 18.2 Å². The minimum atomic E-state index is -0.401. The maximum atomic E-state index is 11.9. The highest BCUT2D eigenvalue weighted by molar-refractivity contribution is 9.10. The van der Waals surface area contributed by atoms with Crippen LogP contribution in [0, 0.1) is 0 Å². The number of thioether (sulfide) groups is 1. The van der Waals surface area contributed by atoms with Gasteiger partial charge in [0.15, 0.2) is 0 Å². The number of rotatable bonds is 5. The average Bonchev–Trinajstić information content (AvgIpc) is 2.54. The molecule has 0 saturated heterocycles. The SMILES string of the molecule is COC(=O)c1ccc(NC(=O)CSc2ccccc2Br)cc1. The van der Waals surface area contributed by atoms with E-state index in [0.29, 0.717) is 17.0 Å². The van der Waals surface area contributed by atoms with Crippen LogP contribution in [-0.4, -0.2) is 24.7 Å². The van der Waals surface area contributed by atoms with Gasteiger partial charge in [0.25, 0.3) is 0 Å². The van der Waals surface area contributed by atoms with Crippen molar-refractivity contribution in [3.05, 3.63) is 58.6 Å². The lowest BCUT2D eigenvalue weighted by Crippen LogP contribution is -2.14. The molecule has 1 N–H and O–H groups in total. The van der Waals surface area contributed by atoms with Crippen LogP contribution in [0.4, 0.5) is 5.69 Å². The Balaban J connectivity index is 1.89. The molecule has 0 aliphatic rings. The second kappa shape index (κ2) is 8.00. The Morgan fingerprint density at radius 1 is 1.14 bits per heavy atom. The number of carbonyl (C=O) groups is 2. The molecular weight excluding hydrogens is 366 g/mol. The zero-order valence-electron chi connectivity index (χ0n) is 11.8. The molecule has 0 spiro atoms. The predicted octanol–water partition coefficient (Wildman–Crippen LogP) is 3.97. The first kappa shape index (κ1) is 16.6. The summed E-state index contributed by atoms with van der Waals surface area (Å²) in [5.74, 6) is -0.199. The quantitative estimate of drug-likeness (QED) is 0.630. The van der Waals surface area contributed by atoms with E-state index in [1.165, 1.54) is 18.9 Å². The molecular formula is C16H14BrNO3S. The molecule has 2 aromatic rings. The smallest absolute Gasteiger partial charge is 0.337 e. The molecule has 4 nitrogen and oxygen atoms in total. The largest absolute Gasteiger partial charge is 0.465 e. The second-order valence-electron chi connectivity index (χ2n) is 4.34. The van der Waals surface area contributed by atoms with Crippen LogP contribution in [0.25, 0.3) is 0 Å². The minimum absolute atomic E-state index is 0.105. The second-order valence-corrected chi connectivity index (χ2v) is 6.21. The van der Waals surface area contributed by atoms with Gasteiger partial charge >= 0.3 is 5.97 Å². The third kappa shape index (κ3) is 4.61. The summed E-state index contributed by atoms with van der Waals surface area (Å²) in [6.07, 6.45) is 0. The topological polar surface area (TPSA) is 55.4 Å². The number of carbonyl (C=O) groups excluding carboxylic acids is 2. The van der Waals surface area contributed by atoms with Crippen LogP contribution in [0.5, 0.6) is 0 Å². The van der Waals surface area contributed by atoms with Crippen molar-refractivity contribution in [2.24, 2.45) is 0 Å². The van der Waals surface area contributed by atoms with Gasteiger partial charge in [0.1, 0.15) is 0 Å². The van der Waals surface area contributed by atoms with Gasteiger partial charge in [0, 0.05) is 15.1 Å². The molecule has 22 heavy (non-hydrogen) atoms. The molecule has 0 radical (unpaired) electrons. The zero-order valence-corrected chi connectivity index (χ0v) is 14.2. The first-order valence-electron chi connectivity index (χ1n) is 6.45. The highest BCUT2D eigenvalue weighted by Crippen LogP contribution is 2.26. The van der Waals surface area contributed by atoms with Gasteiger partial charge in [0.2, 0.25) is 5.91 Å². The van der Waals surface area contributed by atoms with Gasteiger partial charge in [-0.3, -0.25) is 4.79 Å². The number of anilines is 1. The number of halogens is 1. The van der Waals surface area contributed by atoms with Gasteiger partial charge in [-0.2, -0.15) is 0 Å². The molecule has 0 aliphatic heterocycles. The predicted molar refractivity (Wildman–Crippen MR) is 91.3 cm³/mol. The number of hydrogen-bond donors (Lipinski definition) is 1. The van der Waals surface area contributed by atoms with E-state index in [9.17, 15) is 9.59 Å². The van der Waals surface area contributed by atoms with Crippen LogP contribution >= 0.6 is 27.7 Å². The van der Waals surface area contributed by atoms with Crippen molar-refractivity contribution in [3.63, 3.8) is 0 Å². The van der Waals surface area contributed by atoms with Crippen LogP contribution in [0.1, 0.15) is 10.4 Å². The maximum Gasteiger partial charge on any atom is 0.337 e. The lowest BCUT2D eigenvalue weighted by molar-refractivity contribution is -0.113. The van der Waals surface area contributed by atoms with Crippen molar-refractivity contribution < 1.29 is 14.3 Å². The summed E-state index contributed by atoms with van der Waals surface area (Å²) in [7, 11) is 1.33. The third-order valence-corrected chi connectivity index (χ3v) is 4.81. The number of esters is 1. The Hall–Kier alpha value is -1.79. The molecule has 2 rings (SSSR count). The fraction of sp³-hybridized carbons (Fsp3) is 0.125. The standard InChI is InChI=1S/C16H14BrNO3S/c1-21-16(20)11-6-8-12(9-7-11)18-15(19)10-22-14-5-3-2-4-13(14)17/h2-9H,10H2,1H3,(H,18,19). The van der Waals surface area contributed by atoms with Crippen LogP contribution < -0.4 is 5.32 Å². The van der Waals surface area contributed by atoms with Crippen LogP contribution in [-0.2, 0) is 9.53 Å². The summed E-state index contributed by atoms with van der Waals surface area (Å²) < 4.78 is 5.59. The monoisotopic (exact) mass is 379 g/mol. The van der Waals surface area contributed by atoms with Crippen molar-refractivity contribution in [2.45, 2.75) is 4.90 Å². The number of ether oxygens (including phenoxy) is 1. The molecule has 6 heteroatoms. The molecule has 0 fully saturated rings. The van der Waals surface area contributed by atoms with Crippen molar-refractivity contribution in [3.8, 4) is 0 Å². The van der Waals surface area contributed by atoms with Gasteiger partial charge in [-0.05, 0) is 52.3 Å². The lowest BCUT2D eigenvalue weighted by Gasteiger charge is -2.07. The summed E-state index contributed by atoms with van der Waals surface area (Å²) in [6, 6.07) is 14.3. The van der Waals surface area contributed by atoms with E-state index in [2.05, 4.69) is 26.0 Å². The normalized spacial score (nSPS) is 10.1. The fourth-order valence-corrected chi connectivity index (χ4v) is 3.08. The van der Waals surface area contributed by atoms with E-state index in [-0.39, 0.29) is 5.91 Å². The average molecular weight is 380 g/mol. The molecule has 2 aromatic carbocycles.